The van der Waals surface area contributed by atoms with Gasteiger partial charge < -0.3 is 4.74 Å². The summed E-state index contributed by atoms with van der Waals surface area (Å²) in [6, 6.07) is 11.1. The van der Waals surface area contributed by atoms with Gasteiger partial charge in [0.15, 0.2) is 0 Å². The average Bonchev–Trinajstić information content (AvgIpc) is 3.24. The Labute approximate surface area is 141 Å². The first-order chi connectivity index (χ1) is 12.2. The topological polar surface area (TPSA) is 83.5 Å². The Hall–Kier alpha value is -3.62. The minimum absolute atomic E-state index is 0.283. The normalized spacial score (nSPS) is 10.8. The van der Waals surface area contributed by atoms with Crippen LogP contribution in [0.25, 0.3) is 17.2 Å². The summed E-state index contributed by atoms with van der Waals surface area (Å²) in [6.45, 7) is 0. The SMILES string of the molecule is Cn1ccc(-c2nnn(-c3cc(F)cc(Oc4ccccn4)c3)n2)n1. The van der Waals surface area contributed by atoms with E-state index in [-0.39, 0.29) is 5.75 Å². The van der Waals surface area contributed by atoms with Gasteiger partial charge in [-0.2, -0.15) is 5.10 Å². The zero-order valence-electron chi connectivity index (χ0n) is 13.1. The fraction of sp³-hybridized carbons (Fsp3) is 0.0625. The Morgan fingerprint density at radius 2 is 2.00 bits per heavy atom. The molecule has 0 atom stereocenters. The lowest BCUT2D eigenvalue weighted by Crippen LogP contribution is -2.01. The second-order valence-corrected chi connectivity index (χ2v) is 5.19. The van der Waals surface area contributed by atoms with E-state index in [1.54, 1.807) is 54.5 Å². The predicted molar refractivity (Wildman–Crippen MR) is 85.6 cm³/mol. The highest BCUT2D eigenvalue weighted by atomic mass is 19.1. The Bertz CT molecular complexity index is 1010. The number of aryl methyl sites for hydroxylation is 1. The van der Waals surface area contributed by atoms with Crippen molar-refractivity contribution in [3.05, 3.63) is 60.7 Å². The third kappa shape index (κ3) is 3.20. The molecule has 124 valence electrons. The molecule has 4 aromatic rings. The molecule has 8 nitrogen and oxygen atoms in total. The van der Waals surface area contributed by atoms with Gasteiger partial charge in [0, 0.05) is 43.7 Å². The van der Waals surface area contributed by atoms with Gasteiger partial charge in [0.1, 0.15) is 17.3 Å². The van der Waals surface area contributed by atoms with Crippen LogP contribution in [0.4, 0.5) is 4.39 Å². The standard InChI is InChI=1S/C16H12FN7O/c1-23-7-5-14(20-23)16-19-22-24(21-16)12-8-11(17)9-13(10-12)25-15-4-2-3-6-18-15/h2-10H,1H3. The first kappa shape index (κ1) is 14.9. The molecule has 0 bridgehead atoms. The van der Waals surface area contributed by atoms with Crippen molar-refractivity contribution in [2.24, 2.45) is 7.05 Å². The lowest BCUT2D eigenvalue weighted by atomic mass is 10.3. The van der Waals surface area contributed by atoms with Crippen LogP contribution in [0.15, 0.2) is 54.9 Å². The largest absolute Gasteiger partial charge is 0.439 e. The molecule has 0 aliphatic heterocycles. The molecule has 3 aromatic heterocycles. The van der Waals surface area contributed by atoms with Crippen LogP contribution in [0.2, 0.25) is 0 Å². The van der Waals surface area contributed by atoms with E-state index < -0.39 is 5.82 Å². The monoisotopic (exact) mass is 337 g/mol. The molecule has 0 radical (unpaired) electrons. The predicted octanol–water partition coefficient (Wildman–Crippen LogP) is 2.39. The number of tetrazole rings is 1. The highest BCUT2D eigenvalue weighted by Crippen LogP contribution is 2.23. The van der Waals surface area contributed by atoms with Crippen LogP contribution in [0.1, 0.15) is 0 Å². The molecule has 3 heterocycles. The van der Waals surface area contributed by atoms with Gasteiger partial charge >= 0.3 is 0 Å². The number of hydrogen-bond acceptors (Lipinski definition) is 6. The van der Waals surface area contributed by atoms with Crippen LogP contribution in [-0.2, 0) is 7.05 Å². The fourth-order valence-electron chi connectivity index (χ4n) is 2.21. The maximum Gasteiger partial charge on any atom is 0.225 e. The Balaban J connectivity index is 1.65. The molecular formula is C16H12FN7O. The number of pyridine rings is 1. The van der Waals surface area contributed by atoms with E-state index >= 15 is 0 Å². The quantitative estimate of drug-likeness (QED) is 0.568. The van der Waals surface area contributed by atoms with Crippen LogP contribution in [0.3, 0.4) is 0 Å². The number of halogens is 1. The van der Waals surface area contributed by atoms with Crippen molar-refractivity contribution in [2.75, 3.05) is 0 Å². The maximum atomic E-state index is 13.9. The molecule has 0 amide bonds. The van der Waals surface area contributed by atoms with E-state index in [0.29, 0.717) is 23.1 Å². The van der Waals surface area contributed by atoms with Crippen molar-refractivity contribution < 1.29 is 9.13 Å². The molecule has 0 N–H and O–H groups in total. The van der Waals surface area contributed by atoms with Gasteiger partial charge in [0.2, 0.25) is 11.7 Å². The molecule has 25 heavy (non-hydrogen) atoms. The van der Waals surface area contributed by atoms with Gasteiger partial charge in [0.25, 0.3) is 0 Å². The van der Waals surface area contributed by atoms with Crippen LogP contribution in [-0.4, -0.2) is 35.0 Å². The summed E-state index contributed by atoms with van der Waals surface area (Å²) in [5, 5.41) is 16.3. The smallest absolute Gasteiger partial charge is 0.225 e. The summed E-state index contributed by atoms with van der Waals surface area (Å²) in [5.41, 5.74) is 0.954. The van der Waals surface area contributed by atoms with Gasteiger partial charge in [-0.3, -0.25) is 4.68 Å². The highest BCUT2D eigenvalue weighted by molar-refractivity contribution is 5.47. The van der Waals surface area contributed by atoms with Crippen molar-refractivity contribution >= 4 is 0 Å². The molecule has 0 unspecified atom stereocenters. The molecule has 4 rings (SSSR count). The van der Waals surface area contributed by atoms with E-state index in [1.165, 1.54) is 16.9 Å². The number of hydrogen-bond donors (Lipinski definition) is 0. The molecular weight excluding hydrogens is 325 g/mol. The summed E-state index contributed by atoms with van der Waals surface area (Å²) in [4.78, 5) is 5.27. The van der Waals surface area contributed by atoms with Gasteiger partial charge in [-0.1, -0.05) is 6.07 Å². The molecule has 9 heteroatoms. The Morgan fingerprint density at radius 1 is 1.08 bits per heavy atom. The van der Waals surface area contributed by atoms with Gasteiger partial charge in [0.05, 0.1) is 5.69 Å². The van der Waals surface area contributed by atoms with Gasteiger partial charge in [-0.15, -0.1) is 15.0 Å². The summed E-state index contributed by atoms with van der Waals surface area (Å²) in [6.07, 6.45) is 3.37. The zero-order valence-corrected chi connectivity index (χ0v) is 13.1. The Kier molecular flexibility index (Phi) is 3.65. The van der Waals surface area contributed by atoms with Crippen molar-refractivity contribution in [1.29, 1.82) is 0 Å². The summed E-state index contributed by atoms with van der Waals surface area (Å²) in [7, 11) is 1.79. The van der Waals surface area contributed by atoms with Gasteiger partial charge in [-0.25, -0.2) is 9.37 Å². The molecule has 0 fully saturated rings. The van der Waals surface area contributed by atoms with Crippen molar-refractivity contribution in [2.45, 2.75) is 0 Å². The van der Waals surface area contributed by atoms with Crippen molar-refractivity contribution in [3.8, 4) is 28.8 Å². The fourth-order valence-corrected chi connectivity index (χ4v) is 2.21. The van der Waals surface area contributed by atoms with E-state index in [4.69, 9.17) is 4.74 Å². The summed E-state index contributed by atoms with van der Waals surface area (Å²) < 4.78 is 21.1. The molecule has 0 aliphatic rings. The third-order valence-electron chi connectivity index (χ3n) is 3.30. The third-order valence-corrected chi connectivity index (χ3v) is 3.30. The number of rotatable bonds is 4. The molecule has 0 aliphatic carbocycles. The van der Waals surface area contributed by atoms with Crippen molar-refractivity contribution in [3.63, 3.8) is 0 Å². The maximum absolute atomic E-state index is 13.9. The summed E-state index contributed by atoms with van der Waals surface area (Å²) >= 11 is 0. The number of nitrogens with zero attached hydrogens (tertiary/aromatic N) is 7. The first-order valence-corrected chi connectivity index (χ1v) is 7.37. The minimum atomic E-state index is -0.486. The van der Waals surface area contributed by atoms with E-state index in [9.17, 15) is 4.39 Å². The lowest BCUT2D eigenvalue weighted by Gasteiger charge is -2.06. The number of aromatic nitrogens is 7. The molecule has 1 aromatic carbocycles. The van der Waals surface area contributed by atoms with Crippen LogP contribution in [0, 0.1) is 5.82 Å². The molecule has 0 spiro atoms. The average molecular weight is 337 g/mol. The van der Waals surface area contributed by atoms with E-state index in [1.807, 2.05) is 0 Å². The van der Waals surface area contributed by atoms with Crippen LogP contribution in [0.5, 0.6) is 11.6 Å². The minimum Gasteiger partial charge on any atom is -0.439 e. The lowest BCUT2D eigenvalue weighted by molar-refractivity contribution is 0.457. The zero-order chi connectivity index (χ0) is 17.2. The summed E-state index contributed by atoms with van der Waals surface area (Å²) in [5.74, 6) is 0.502. The second kappa shape index (κ2) is 6.11. The number of benzene rings is 1. The van der Waals surface area contributed by atoms with E-state index in [0.717, 1.165) is 0 Å². The molecule has 0 saturated carbocycles. The molecule has 0 saturated heterocycles. The van der Waals surface area contributed by atoms with Crippen molar-refractivity contribution in [1.82, 2.24) is 35.0 Å². The van der Waals surface area contributed by atoms with Gasteiger partial charge in [-0.05, 0) is 17.3 Å². The first-order valence-electron chi connectivity index (χ1n) is 7.37. The Morgan fingerprint density at radius 3 is 2.76 bits per heavy atom. The number of ether oxygens (including phenoxy) is 1. The van der Waals surface area contributed by atoms with E-state index in [2.05, 4.69) is 25.5 Å². The van der Waals surface area contributed by atoms with Crippen LogP contribution >= 0.6 is 0 Å². The highest BCUT2D eigenvalue weighted by Gasteiger charge is 2.12. The van der Waals surface area contributed by atoms with Crippen LogP contribution < -0.4 is 4.74 Å². The second-order valence-electron chi connectivity index (χ2n) is 5.19.